The highest BCUT2D eigenvalue weighted by atomic mass is 31.2. The Morgan fingerprint density at radius 2 is 0.545 bits per heavy atom. The Bertz CT molecular complexity index is 1750. The number of carbonyl (C=O) groups is 4. The molecule has 0 spiro atoms. The molecule has 88 heavy (non-hydrogen) atoms. The van der Waals surface area contributed by atoms with Gasteiger partial charge in [-0.1, -0.05) is 287 Å². The van der Waals surface area contributed by atoms with Crippen molar-refractivity contribution in [3.8, 4) is 0 Å². The van der Waals surface area contributed by atoms with Crippen molar-refractivity contribution >= 4 is 39.5 Å². The molecule has 0 aliphatic carbocycles. The van der Waals surface area contributed by atoms with E-state index in [1.54, 1.807) is 0 Å². The monoisotopic (exact) mass is 1300 g/mol. The summed E-state index contributed by atoms with van der Waals surface area (Å²) in [4.78, 5) is 72.5. The van der Waals surface area contributed by atoms with Gasteiger partial charge in [-0.2, -0.15) is 0 Å². The van der Waals surface area contributed by atoms with Gasteiger partial charge in [0.05, 0.1) is 26.4 Å². The van der Waals surface area contributed by atoms with E-state index in [0.29, 0.717) is 31.6 Å². The number of rotatable bonds is 66. The topological polar surface area (TPSA) is 237 Å². The maximum absolute atomic E-state index is 13.0. The van der Waals surface area contributed by atoms with Gasteiger partial charge in [-0.05, 0) is 49.4 Å². The van der Waals surface area contributed by atoms with E-state index in [-0.39, 0.29) is 25.7 Å². The Labute approximate surface area is 537 Å². The molecular weight excluding hydrogens is 1160 g/mol. The van der Waals surface area contributed by atoms with Crippen molar-refractivity contribution in [2.24, 2.45) is 23.7 Å². The number of esters is 4. The van der Waals surface area contributed by atoms with Gasteiger partial charge in [0.25, 0.3) is 0 Å². The second-order valence-corrected chi connectivity index (χ2v) is 29.5. The van der Waals surface area contributed by atoms with Gasteiger partial charge in [-0.15, -0.1) is 0 Å². The summed E-state index contributed by atoms with van der Waals surface area (Å²) in [6, 6.07) is 0. The molecule has 0 radical (unpaired) electrons. The maximum atomic E-state index is 13.0. The fraction of sp³-hybridized carbons (Fsp3) is 0.942. The van der Waals surface area contributed by atoms with Crippen LogP contribution in [0, 0.1) is 23.7 Å². The first kappa shape index (κ1) is 86.1. The van der Waals surface area contributed by atoms with Crippen LogP contribution >= 0.6 is 15.6 Å². The maximum Gasteiger partial charge on any atom is 0.472 e. The fourth-order valence-electron chi connectivity index (χ4n) is 10.3. The number of aliphatic hydroxyl groups is 1. The number of hydrogen-bond donors (Lipinski definition) is 3. The first-order chi connectivity index (χ1) is 42.1. The molecule has 17 nitrogen and oxygen atoms in total. The van der Waals surface area contributed by atoms with Crippen molar-refractivity contribution < 1.29 is 80.2 Å². The molecule has 0 rings (SSSR count). The lowest BCUT2D eigenvalue weighted by Gasteiger charge is -2.21. The molecule has 0 saturated carbocycles. The van der Waals surface area contributed by atoms with Gasteiger partial charge >= 0.3 is 39.5 Å². The van der Waals surface area contributed by atoms with Gasteiger partial charge in [0.1, 0.15) is 19.3 Å². The number of unbranched alkanes of at least 4 members (excludes halogenated alkanes) is 31. The summed E-state index contributed by atoms with van der Waals surface area (Å²) in [6.45, 7) is 14.1. The van der Waals surface area contributed by atoms with Gasteiger partial charge in [0.15, 0.2) is 12.2 Å². The van der Waals surface area contributed by atoms with E-state index in [9.17, 15) is 43.2 Å². The third kappa shape index (κ3) is 61.6. The summed E-state index contributed by atoms with van der Waals surface area (Å²) in [6.07, 6.45) is 40.3. The van der Waals surface area contributed by atoms with Crippen molar-refractivity contribution in [1.29, 1.82) is 0 Å². The van der Waals surface area contributed by atoms with E-state index >= 15 is 0 Å². The minimum atomic E-state index is -4.95. The van der Waals surface area contributed by atoms with Crippen LogP contribution in [0.25, 0.3) is 0 Å². The van der Waals surface area contributed by atoms with E-state index in [4.69, 9.17) is 37.0 Å². The Morgan fingerprint density at radius 3 is 0.807 bits per heavy atom. The number of phosphoric ester groups is 2. The Balaban J connectivity index is 5.26. The SMILES string of the molecule is CCC(C)CCCCCCCCCCCCC(=O)O[C@H](COC(=O)CCCCCCCCCC(C)C)COP(=O)(O)OCC(O)COP(=O)(O)OC[C@@H](COC(=O)CCCCCCCCCCC(C)C)OC(=O)CCCCCCCCCCCCC(C)C. The van der Waals surface area contributed by atoms with Crippen LogP contribution in [0.2, 0.25) is 0 Å². The summed E-state index contributed by atoms with van der Waals surface area (Å²) < 4.78 is 68.2. The Hall–Kier alpha value is -1.94. The van der Waals surface area contributed by atoms with Gasteiger partial charge < -0.3 is 33.8 Å². The molecular formula is C69H134O17P2. The van der Waals surface area contributed by atoms with Crippen LogP contribution in [0.3, 0.4) is 0 Å². The number of phosphoric acid groups is 2. The zero-order valence-corrected chi connectivity index (χ0v) is 59.1. The van der Waals surface area contributed by atoms with Crippen LogP contribution in [0.1, 0.15) is 338 Å². The van der Waals surface area contributed by atoms with E-state index < -0.39 is 97.5 Å². The average molecular weight is 1300 g/mol. The second-order valence-electron chi connectivity index (χ2n) is 26.6. The standard InChI is InChI=1S/C69H134O17P2/c1-9-62(8)48-40-32-24-15-11-13-17-27-36-44-52-69(74)86-65(56-80-67(72)50-42-34-28-20-23-31-39-47-61(6)7)58-84-88(77,78)82-54-63(70)53-81-87(75,76)83-57-64(55-79-66(71)49-41-33-25-19-18-22-30-38-46-60(4)5)85-68(73)51-43-35-26-16-12-10-14-21-29-37-45-59(2)3/h59-65,70H,9-58H2,1-8H3,(H,75,76)(H,77,78)/t62?,63?,64-,65-/m1/s1. The molecule has 0 saturated heterocycles. The molecule has 19 heteroatoms. The van der Waals surface area contributed by atoms with Crippen molar-refractivity contribution in [3.05, 3.63) is 0 Å². The quantitative estimate of drug-likeness (QED) is 0.0222. The first-order valence-corrected chi connectivity index (χ1v) is 38.7. The van der Waals surface area contributed by atoms with Crippen molar-refractivity contribution in [2.75, 3.05) is 39.6 Å². The number of ether oxygens (including phenoxy) is 4. The largest absolute Gasteiger partial charge is 0.472 e. The van der Waals surface area contributed by atoms with Crippen LogP contribution in [-0.4, -0.2) is 96.7 Å². The normalized spacial score (nSPS) is 14.6. The minimum Gasteiger partial charge on any atom is -0.462 e. The zero-order valence-electron chi connectivity index (χ0n) is 57.3. The van der Waals surface area contributed by atoms with E-state index in [0.717, 1.165) is 114 Å². The van der Waals surface area contributed by atoms with Gasteiger partial charge in [0.2, 0.25) is 0 Å². The first-order valence-electron chi connectivity index (χ1n) is 35.7. The molecule has 0 aliphatic rings. The van der Waals surface area contributed by atoms with E-state index in [1.807, 2.05) is 0 Å². The molecule has 6 atom stereocenters. The smallest absolute Gasteiger partial charge is 0.462 e. The van der Waals surface area contributed by atoms with Crippen molar-refractivity contribution in [3.63, 3.8) is 0 Å². The number of carbonyl (C=O) groups excluding carboxylic acids is 4. The average Bonchev–Trinajstić information content (AvgIpc) is 3.52. The van der Waals surface area contributed by atoms with Crippen LogP contribution in [0.15, 0.2) is 0 Å². The van der Waals surface area contributed by atoms with Crippen LogP contribution in [0.5, 0.6) is 0 Å². The van der Waals surface area contributed by atoms with Gasteiger partial charge in [0, 0.05) is 25.7 Å². The summed E-state index contributed by atoms with van der Waals surface area (Å²) in [5, 5.41) is 10.6. The van der Waals surface area contributed by atoms with Crippen LogP contribution in [-0.2, 0) is 65.4 Å². The molecule has 0 aromatic heterocycles. The third-order valence-electron chi connectivity index (χ3n) is 16.2. The summed E-state index contributed by atoms with van der Waals surface area (Å²) in [5.41, 5.74) is 0. The van der Waals surface area contributed by atoms with Crippen molar-refractivity contribution in [2.45, 2.75) is 356 Å². The molecule has 0 aromatic carbocycles. The number of hydrogen-bond acceptors (Lipinski definition) is 15. The highest BCUT2D eigenvalue weighted by molar-refractivity contribution is 7.47. The Kier molecular flexibility index (Phi) is 57.6. The third-order valence-corrected chi connectivity index (χ3v) is 18.1. The molecule has 0 aromatic rings. The lowest BCUT2D eigenvalue weighted by atomic mass is 9.99. The van der Waals surface area contributed by atoms with E-state index in [2.05, 4.69) is 55.4 Å². The van der Waals surface area contributed by atoms with Crippen LogP contribution in [0.4, 0.5) is 0 Å². The highest BCUT2D eigenvalue weighted by Gasteiger charge is 2.30. The fourth-order valence-corrected chi connectivity index (χ4v) is 11.9. The van der Waals surface area contributed by atoms with E-state index in [1.165, 1.54) is 135 Å². The lowest BCUT2D eigenvalue weighted by molar-refractivity contribution is -0.161. The molecule has 0 fully saturated rings. The number of aliphatic hydroxyl groups excluding tert-OH is 1. The predicted octanol–water partition coefficient (Wildman–Crippen LogP) is 19.3. The van der Waals surface area contributed by atoms with Crippen LogP contribution < -0.4 is 0 Å². The minimum absolute atomic E-state index is 0.105. The van der Waals surface area contributed by atoms with Gasteiger partial charge in [-0.3, -0.25) is 37.3 Å². The highest BCUT2D eigenvalue weighted by Crippen LogP contribution is 2.45. The van der Waals surface area contributed by atoms with Gasteiger partial charge in [-0.25, -0.2) is 9.13 Å². The Morgan fingerprint density at radius 1 is 0.318 bits per heavy atom. The molecule has 3 N–H and O–H groups in total. The second kappa shape index (κ2) is 58.8. The molecule has 0 amide bonds. The predicted molar refractivity (Wildman–Crippen MR) is 354 cm³/mol. The molecule has 522 valence electrons. The molecule has 0 aliphatic heterocycles. The zero-order chi connectivity index (χ0) is 65.4. The summed E-state index contributed by atoms with van der Waals surface area (Å²) >= 11 is 0. The summed E-state index contributed by atoms with van der Waals surface area (Å²) in [7, 11) is -9.90. The van der Waals surface area contributed by atoms with Crippen molar-refractivity contribution in [1.82, 2.24) is 0 Å². The molecule has 4 unspecified atom stereocenters. The summed E-state index contributed by atoms with van der Waals surface area (Å²) in [5.74, 6) is 0.854. The molecule has 0 heterocycles. The molecule has 0 bridgehead atoms. The lowest BCUT2D eigenvalue weighted by Crippen LogP contribution is -2.30.